The molecule has 3 aliphatic carbocycles. The van der Waals surface area contributed by atoms with Crippen LogP contribution < -0.4 is 0 Å². The summed E-state index contributed by atoms with van der Waals surface area (Å²) in [6.07, 6.45) is 4.34. The Kier molecular flexibility index (Phi) is 3.44. The van der Waals surface area contributed by atoms with E-state index in [9.17, 15) is 15.3 Å². The van der Waals surface area contributed by atoms with Gasteiger partial charge >= 0.3 is 0 Å². The summed E-state index contributed by atoms with van der Waals surface area (Å²) in [5.74, 6) is 7.37. The fourth-order valence-electron chi connectivity index (χ4n) is 5.66. The van der Waals surface area contributed by atoms with E-state index in [2.05, 4.69) is 18.4 Å². The molecule has 1 aromatic carbocycles. The summed E-state index contributed by atoms with van der Waals surface area (Å²) in [6, 6.07) is 3.21. The Balaban J connectivity index is 1.76. The minimum Gasteiger partial charge on any atom is -0.508 e. The third-order valence-electron chi connectivity index (χ3n) is 6.52. The molecule has 126 valence electrons. The predicted molar refractivity (Wildman–Crippen MR) is 92.7 cm³/mol. The summed E-state index contributed by atoms with van der Waals surface area (Å²) in [5.41, 5.74) is 2.19. The maximum absolute atomic E-state index is 11.0. The van der Waals surface area contributed by atoms with Gasteiger partial charge in [0.1, 0.15) is 17.1 Å². The maximum Gasteiger partial charge on any atom is 0.128 e. The molecule has 2 saturated carbocycles. The highest BCUT2D eigenvalue weighted by molar-refractivity contribution is 5.52. The van der Waals surface area contributed by atoms with Crippen LogP contribution in [0.1, 0.15) is 49.7 Å². The Morgan fingerprint density at radius 2 is 2.00 bits per heavy atom. The molecule has 0 amide bonds. The molecule has 0 spiro atoms. The zero-order valence-corrected chi connectivity index (χ0v) is 14.0. The van der Waals surface area contributed by atoms with Crippen molar-refractivity contribution in [1.29, 1.82) is 0 Å². The van der Waals surface area contributed by atoms with E-state index in [1.807, 2.05) is 0 Å². The Morgan fingerprint density at radius 3 is 2.75 bits per heavy atom. The molecule has 0 unspecified atom stereocenters. The van der Waals surface area contributed by atoms with E-state index in [1.165, 1.54) is 6.07 Å². The average molecular weight is 324 g/mol. The van der Waals surface area contributed by atoms with Crippen molar-refractivity contribution in [2.45, 2.75) is 50.5 Å². The number of benzene rings is 1. The predicted octanol–water partition coefficient (Wildman–Crippen LogP) is 3.48. The normalized spacial score (nSPS) is 37.0. The smallest absolute Gasteiger partial charge is 0.128 e. The van der Waals surface area contributed by atoms with Crippen LogP contribution in [0.15, 0.2) is 24.3 Å². The molecule has 0 radical (unpaired) electrons. The van der Waals surface area contributed by atoms with E-state index in [1.54, 1.807) is 13.0 Å². The second kappa shape index (κ2) is 5.29. The van der Waals surface area contributed by atoms with Gasteiger partial charge in [0.2, 0.25) is 0 Å². The minimum absolute atomic E-state index is 0.123. The number of phenols is 2. The molecule has 1 aromatic rings. The first-order valence-corrected chi connectivity index (χ1v) is 8.83. The van der Waals surface area contributed by atoms with Crippen LogP contribution in [0.4, 0.5) is 0 Å². The number of hydrogen-bond donors (Lipinski definition) is 3. The van der Waals surface area contributed by atoms with Crippen LogP contribution >= 0.6 is 0 Å². The number of aryl methyl sites for hydroxylation is 1. The van der Waals surface area contributed by atoms with Crippen LogP contribution in [0.25, 0.3) is 0 Å². The molecule has 5 atom stereocenters. The first-order valence-electron chi connectivity index (χ1n) is 8.83. The van der Waals surface area contributed by atoms with Crippen LogP contribution in [-0.4, -0.2) is 20.9 Å². The van der Waals surface area contributed by atoms with Crippen LogP contribution in [0.2, 0.25) is 0 Å². The summed E-state index contributed by atoms with van der Waals surface area (Å²) >= 11 is 0. The van der Waals surface area contributed by atoms with Gasteiger partial charge < -0.3 is 15.3 Å². The molecule has 3 N–H and O–H groups in total. The molecule has 3 aliphatic rings. The lowest BCUT2D eigenvalue weighted by Crippen LogP contribution is -2.42. The number of rotatable bonds is 0. The van der Waals surface area contributed by atoms with Crippen LogP contribution in [0, 0.1) is 29.6 Å². The van der Waals surface area contributed by atoms with Gasteiger partial charge in [-0.1, -0.05) is 18.1 Å². The summed E-state index contributed by atoms with van der Waals surface area (Å²) in [7, 11) is 0. The Bertz CT molecular complexity index is 769. The first-order chi connectivity index (χ1) is 11.4. The molecule has 24 heavy (non-hydrogen) atoms. The second-order valence-corrected chi connectivity index (χ2v) is 7.69. The SMILES string of the molecule is C=C1C[C@H]2[C@@H](CC[C@@]2(O)C#CC)[C@@H]2CCc3cc(O)cc(O)c3[C@@H]12. The van der Waals surface area contributed by atoms with Crippen molar-refractivity contribution in [3.8, 4) is 23.3 Å². The lowest BCUT2D eigenvalue weighted by atomic mass is 9.58. The van der Waals surface area contributed by atoms with Crippen molar-refractivity contribution in [1.82, 2.24) is 0 Å². The van der Waals surface area contributed by atoms with Gasteiger partial charge in [-0.05, 0) is 62.5 Å². The summed E-state index contributed by atoms with van der Waals surface area (Å²) in [5, 5.41) is 31.2. The number of phenolic OH excluding ortho intramolecular Hbond substituents is 2. The number of hydrogen-bond acceptors (Lipinski definition) is 3. The molecular formula is C21H24O3. The lowest BCUT2D eigenvalue weighted by Gasteiger charge is -2.47. The Hall–Kier alpha value is -1.92. The Labute approximate surface area is 143 Å². The van der Waals surface area contributed by atoms with Gasteiger partial charge in [-0.3, -0.25) is 0 Å². The van der Waals surface area contributed by atoms with Gasteiger partial charge in [0.15, 0.2) is 0 Å². The van der Waals surface area contributed by atoms with Crippen molar-refractivity contribution in [2.24, 2.45) is 17.8 Å². The molecule has 0 aromatic heterocycles. The van der Waals surface area contributed by atoms with Crippen molar-refractivity contribution >= 4 is 0 Å². The number of aliphatic hydroxyl groups is 1. The highest BCUT2D eigenvalue weighted by Crippen LogP contribution is 2.60. The fourth-order valence-corrected chi connectivity index (χ4v) is 5.66. The van der Waals surface area contributed by atoms with Crippen molar-refractivity contribution in [2.75, 3.05) is 0 Å². The van der Waals surface area contributed by atoms with E-state index in [-0.39, 0.29) is 23.3 Å². The monoisotopic (exact) mass is 324 g/mol. The summed E-state index contributed by atoms with van der Waals surface area (Å²) in [6.45, 7) is 6.10. The van der Waals surface area contributed by atoms with E-state index in [0.29, 0.717) is 11.8 Å². The third-order valence-corrected chi connectivity index (χ3v) is 6.52. The van der Waals surface area contributed by atoms with Crippen LogP contribution in [0.3, 0.4) is 0 Å². The molecule has 0 bridgehead atoms. The minimum atomic E-state index is -0.884. The fraction of sp³-hybridized carbons (Fsp3) is 0.524. The van der Waals surface area contributed by atoms with Gasteiger partial charge in [0, 0.05) is 23.5 Å². The zero-order chi connectivity index (χ0) is 17.1. The molecule has 0 aliphatic heterocycles. The van der Waals surface area contributed by atoms with E-state index < -0.39 is 5.60 Å². The molecule has 4 rings (SSSR count). The largest absolute Gasteiger partial charge is 0.508 e. The van der Waals surface area contributed by atoms with Gasteiger partial charge in [-0.2, -0.15) is 0 Å². The van der Waals surface area contributed by atoms with Gasteiger partial charge in [-0.15, -0.1) is 5.92 Å². The Morgan fingerprint density at radius 1 is 1.21 bits per heavy atom. The van der Waals surface area contributed by atoms with Gasteiger partial charge in [0.05, 0.1) is 0 Å². The van der Waals surface area contributed by atoms with Crippen LogP contribution in [0.5, 0.6) is 11.5 Å². The number of fused-ring (bicyclic) bond motifs is 5. The molecule has 2 fully saturated rings. The van der Waals surface area contributed by atoms with Gasteiger partial charge in [0.25, 0.3) is 0 Å². The van der Waals surface area contributed by atoms with E-state index >= 15 is 0 Å². The lowest BCUT2D eigenvalue weighted by molar-refractivity contribution is 0.0239. The molecule has 3 nitrogen and oxygen atoms in total. The van der Waals surface area contributed by atoms with Crippen LogP contribution in [-0.2, 0) is 6.42 Å². The quantitative estimate of drug-likeness (QED) is 0.506. The number of aromatic hydroxyl groups is 2. The van der Waals surface area contributed by atoms with Crippen molar-refractivity contribution < 1.29 is 15.3 Å². The highest BCUT2D eigenvalue weighted by atomic mass is 16.3. The van der Waals surface area contributed by atoms with E-state index in [4.69, 9.17) is 0 Å². The molecule has 0 heterocycles. The maximum atomic E-state index is 11.0. The topological polar surface area (TPSA) is 60.7 Å². The molecule has 3 heteroatoms. The van der Waals surface area contributed by atoms with E-state index in [0.717, 1.165) is 48.8 Å². The third kappa shape index (κ3) is 2.09. The summed E-state index contributed by atoms with van der Waals surface area (Å²) < 4.78 is 0. The standard InChI is InChI=1S/C21H24O3/c1-3-7-21(24)8-6-15-16-5-4-13-10-14(22)11-18(23)20(13)19(16)12(2)9-17(15)21/h10-11,15-17,19,22-24H,2,4-6,8-9H2,1H3/t15-,16-,17-,19-,21-/m0/s1. The van der Waals surface area contributed by atoms with Gasteiger partial charge in [-0.25, -0.2) is 0 Å². The molecular weight excluding hydrogens is 300 g/mol. The summed E-state index contributed by atoms with van der Waals surface area (Å²) in [4.78, 5) is 0. The molecule has 0 saturated heterocycles. The van der Waals surface area contributed by atoms with Crippen molar-refractivity contribution in [3.05, 3.63) is 35.4 Å². The second-order valence-electron chi connectivity index (χ2n) is 7.69. The van der Waals surface area contributed by atoms with Crippen molar-refractivity contribution in [3.63, 3.8) is 0 Å². The average Bonchev–Trinajstić information content (AvgIpc) is 2.84. The first kappa shape index (κ1) is 15.6. The number of allylic oxidation sites excluding steroid dienone is 1. The highest BCUT2D eigenvalue weighted by Gasteiger charge is 2.55. The zero-order valence-electron chi connectivity index (χ0n) is 14.0.